The molecular weight excluding hydrogens is 260 g/mol. The van der Waals surface area contributed by atoms with Crippen molar-refractivity contribution >= 4 is 0 Å². The zero-order valence-electron chi connectivity index (χ0n) is 14.2. The van der Waals surface area contributed by atoms with Crippen LogP contribution in [0, 0.1) is 0 Å². The van der Waals surface area contributed by atoms with Gasteiger partial charge in [0, 0.05) is 18.6 Å². The van der Waals surface area contributed by atoms with Crippen molar-refractivity contribution in [2.75, 3.05) is 20.7 Å². The predicted molar refractivity (Wildman–Crippen MR) is 90.7 cm³/mol. The van der Waals surface area contributed by atoms with Gasteiger partial charge in [0.05, 0.1) is 7.11 Å². The molecule has 1 atom stereocenters. The molecule has 0 aliphatic heterocycles. The fourth-order valence-corrected chi connectivity index (χ4v) is 2.62. The number of rotatable bonds is 10. The average Bonchev–Trinajstić information content (AvgIpc) is 2.51. The number of hydrogen-bond donors (Lipinski definition) is 1. The van der Waals surface area contributed by atoms with Crippen LogP contribution in [-0.2, 0) is 6.54 Å². The summed E-state index contributed by atoms with van der Waals surface area (Å²) in [6, 6.07) is 8.27. The first-order chi connectivity index (χ1) is 10.1. The molecule has 0 amide bonds. The average molecular weight is 292 g/mol. The van der Waals surface area contributed by atoms with E-state index < -0.39 is 0 Å². The summed E-state index contributed by atoms with van der Waals surface area (Å²) in [4.78, 5) is 2.38. The Kier molecular flexibility index (Phi) is 7.76. The molecule has 0 saturated heterocycles. The summed E-state index contributed by atoms with van der Waals surface area (Å²) in [6.07, 6.45) is 6.31. The normalized spacial score (nSPS) is 14.2. The smallest absolute Gasteiger partial charge is 0.119 e. The van der Waals surface area contributed by atoms with Gasteiger partial charge < -0.3 is 10.5 Å². The van der Waals surface area contributed by atoms with Gasteiger partial charge in [-0.1, -0.05) is 44.7 Å². The molecule has 0 heterocycles. The van der Waals surface area contributed by atoms with E-state index in [1.165, 1.54) is 31.2 Å². The Bertz CT molecular complexity index is 408. The highest BCUT2D eigenvalue weighted by Crippen LogP contribution is 2.23. The van der Waals surface area contributed by atoms with E-state index in [4.69, 9.17) is 10.5 Å². The Labute approximate surface area is 130 Å². The molecule has 21 heavy (non-hydrogen) atoms. The fourth-order valence-electron chi connectivity index (χ4n) is 2.62. The lowest BCUT2D eigenvalue weighted by molar-refractivity contribution is 0.122. The Hall–Kier alpha value is -1.06. The van der Waals surface area contributed by atoms with E-state index in [2.05, 4.69) is 37.9 Å². The molecule has 120 valence electrons. The van der Waals surface area contributed by atoms with Crippen LogP contribution in [0.3, 0.4) is 0 Å². The van der Waals surface area contributed by atoms with Gasteiger partial charge in [-0.3, -0.25) is 4.90 Å². The van der Waals surface area contributed by atoms with Crippen molar-refractivity contribution in [3.05, 3.63) is 29.8 Å². The van der Waals surface area contributed by atoms with E-state index in [1.54, 1.807) is 7.11 Å². The minimum absolute atomic E-state index is 0.0663. The molecule has 1 rings (SSSR count). The quantitative estimate of drug-likeness (QED) is 0.666. The van der Waals surface area contributed by atoms with Crippen molar-refractivity contribution in [2.24, 2.45) is 5.73 Å². The number of hydrogen-bond acceptors (Lipinski definition) is 3. The first kappa shape index (κ1) is 18.0. The van der Waals surface area contributed by atoms with Crippen LogP contribution in [0.15, 0.2) is 24.3 Å². The number of nitrogens with zero attached hydrogens (tertiary/aromatic N) is 1. The maximum absolute atomic E-state index is 6.07. The van der Waals surface area contributed by atoms with Crippen molar-refractivity contribution in [3.63, 3.8) is 0 Å². The van der Waals surface area contributed by atoms with Crippen LogP contribution in [0.5, 0.6) is 5.75 Å². The standard InChI is InChI=1S/C18H32N2O/c1-5-6-7-8-12-18(2,15-19)20(3)14-16-10-9-11-17(13-16)21-4/h9-11,13H,5-8,12,14-15,19H2,1-4H3. The highest BCUT2D eigenvalue weighted by molar-refractivity contribution is 5.28. The summed E-state index contributed by atoms with van der Waals surface area (Å²) in [7, 11) is 3.88. The van der Waals surface area contributed by atoms with Gasteiger partial charge in [-0.2, -0.15) is 0 Å². The Morgan fingerprint density at radius 3 is 2.62 bits per heavy atom. The van der Waals surface area contributed by atoms with E-state index in [9.17, 15) is 0 Å². The molecule has 1 unspecified atom stereocenters. The minimum Gasteiger partial charge on any atom is -0.497 e. The third-order valence-electron chi connectivity index (χ3n) is 4.48. The SMILES string of the molecule is CCCCCCC(C)(CN)N(C)Cc1cccc(OC)c1. The van der Waals surface area contributed by atoms with E-state index in [0.29, 0.717) is 6.54 Å². The van der Waals surface area contributed by atoms with Crippen LogP contribution in [0.4, 0.5) is 0 Å². The van der Waals surface area contributed by atoms with E-state index in [0.717, 1.165) is 18.7 Å². The first-order valence-corrected chi connectivity index (χ1v) is 8.10. The molecule has 3 heteroatoms. The Morgan fingerprint density at radius 1 is 1.24 bits per heavy atom. The predicted octanol–water partition coefficient (Wildman–Crippen LogP) is 3.81. The molecule has 0 fully saturated rings. The van der Waals surface area contributed by atoms with Crippen LogP contribution in [0.2, 0.25) is 0 Å². The van der Waals surface area contributed by atoms with Crippen LogP contribution in [0.1, 0.15) is 51.5 Å². The van der Waals surface area contributed by atoms with Crippen LogP contribution < -0.4 is 10.5 Å². The second-order valence-electron chi connectivity index (χ2n) is 6.22. The molecule has 0 bridgehead atoms. The first-order valence-electron chi connectivity index (χ1n) is 8.10. The maximum atomic E-state index is 6.07. The van der Waals surface area contributed by atoms with Gasteiger partial charge in [0.15, 0.2) is 0 Å². The zero-order valence-corrected chi connectivity index (χ0v) is 14.2. The number of likely N-dealkylation sites (N-methyl/N-ethyl adjacent to an activating group) is 1. The highest BCUT2D eigenvalue weighted by atomic mass is 16.5. The third-order valence-corrected chi connectivity index (χ3v) is 4.48. The topological polar surface area (TPSA) is 38.5 Å². The third kappa shape index (κ3) is 5.68. The molecule has 0 saturated carbocycles. The van der Waals surface area contributed by atoms with Crippen molar-refractivity contribution in [2.45, 2.75) is 58.0 Å². The largest absolute Gasteiger partial charge is 0.497 e. The van der Waals surface area contributed by atoms with Gasteiger partial charge in [-0.05, 0) is 38.1 Å². The van der Waals surface area contributed by atoms with E-state index in [-0.39, 0.29) is 5.54 Å². The van der Waals surface area contributed by atoms with E-state index in [1.807, 2.05) is 12.1 Å². The molecule has 0 aromatic heterocycles. The molecule has 0 aliphatic carbocycles. The van der Waals surface area contributed by atoms with Crippen molar-refractivity contribution < 1.29 is 4.74 Å². The summed E-state index contributed by atoms with van der Waals surface area (Å²) in [5, 5.41) is 0. The minimum atomic E-state index is 0.0663. The number of nitrogens with two attached hydrogens (primary N) is 1. The van der Waals surface area contributed by atoms with Crippen molar-refractivity contribution in [1.82, 2.24) is 4.90 Å². The molecule has 1 aromatic rings. The Morgan fingerprint density at radius 2 is 2.00 bits per heavy atom. The second kappa shape index (κ2) is 9.06. The highest BCUT2D eigenvalue weighted by Gasteiger charge is 2.27. The van der Waals surface area contributed by atoms with Crippen LogP contribution in [-0.4, -0.2) is 31.1 Å². The lowest BCUT2D eigenvalue weighted by Gasteiger charge is -2.38. The van der Waals surface area contributed by atoms with Gasteiger partial charge in [0.2, 0.25) is 0 Å². The number of ether oxygens (including phenoxy) is 1. The zero-order chi connectivity index (χ0) is 15.7. The summed E-state index contributed by atoms with van der Waals surface area (Å²) in [5.74, 6) is 0.915. The van der Waals surface area contributed by atoms with E-state index >= 15 is 0 Å². The monoisotopic (exact) mass is 292 g/mol. The number of unbranched alkanes of at least 4 members (excludes halogenated alkanes) is 3. The van der Waals surface area contributed by atoms with Crippen molar-refractivity contribution in [3.8, 4) is 5.75 Å². The Balaban J connectivity index is 2.62. The molecule has 0 radical (unpaired) electrons. The van der Waals surface area contributed by atoms with Gasteiger partial charge in [-0.15, -0.1) is 0 Å². The molecule has 1 aromatic carbocycles. The lowest BCUT2D eigenvalue weighted by Crippen LogP contribution is -2.49. The summed E-state index contributed by atoms with van der Waals surface area (Å²) >= 11 is 0. The molecular formula is C18H32N2O. The molecule has 3 nitrogen and oxygen atoms in total. The summed E-state index contributed by atoms with van der Waals surface area (Å²) in [6.45, 7) is 6.12. The van der Waals surface area contributed by atoms with Gasteiger partial charge >= 0.3 is 0 Å². The number of methoxy groups -OCH3 is 1. The van der Waals surface area contributed by atoms with Gasteiger partial charge in [-0.25, -0.2) is 0 Å². The second-order valence-corrected chi connectivity index (χ2v) is 6.22. The van der Waals surface area contributed by atoms with Crippen molar-refractivity contribution in [1.29, 1.82) is 0 Å². The fraction of sp³-hybridized carbons (Fsp3) is 0.667. The molecule has 0 spiro atoms. The summed E-state index contributed by atoms with van der Waals surface area (Å²) < 4.78 is 5.30. The van der Waals surface area contributed by atoms with Crippen LogP contribution in [0.25, 0.3) is 0 Å². The van der Waals surface area contributed by atoms with Crippen LogP contribution >= 0.6 is 0 Å². The van der Waals surface area contributed by atoms with Gasteiger partial charge in [0.25, 0.3) is 0 Å². The lowest BCUT2D eigenvalue weighted by atomic mass is 9.92. The number of benzene rings is 1. The summed E-state index contributed by atoms with van der Waals surface area (Å²) in [5.41, 5.74) is 7.40. The van der Waals surface area contributed by atoms with Gasteiger partial charge in [0.1, 0.15) is 5.75 Å². The maximum Gasteiger partial charge on any atom is 0.119 e. The molecule has 2 N–H and O–H groups in total. The molecule has 0 aliphatic rings.